The zero-order chi connectivity index (χ0) is 16.1. The molecule has 3 aromatic rings. The second-order valence-electron chi connectivity index (χ2n) is 4.30. The minimum atomic E-state index is 0.503. The maximum Gasteiger partial charge on any atom is 0.257 e. The second-order valence-corrected chi connectivity index (χ2v) is 8.01. The molecule has 0 atom stereocenters. The molecule has 2 heterocycles. The Hall–Kier alpha value is -1.58. The average Bonchev–Trinajstić information content (AvgIpc) is 3.23. The molecule has 0 spiro atoms. The van der Waals surface area contributed by atoms with Crippen molar-refractivity contribution in [3.8, 4) is 17.2 Å². The van der Waals surface area contributed by atoms with E-state index in [1.807, 2.05) is 24.3 Å². The van der Waals surface area contributed by atoms with Gasteiger partial charge in [-0.1, -0.05) is 46.9 Å². The number of aromatic nitrogens is 4. The van der Waals surface area contributed by atoms with Crippen LogP contribution in [-0.2, 0) is 5.75 Å². The van der Waals surface area contributed by atoms with Crippen LogP contribution in [0, 0.1) is 0 Å². The van der Waals surface area contributed by atoms with Crippen LogP contribution >= 0.6 is 34.9 Å². The van der Waals surface area contributed by atoms with Gasteiger partial charge >= 0.3 is 0 Å². The van der Waals surface area contributed by atoms with Crippen LogP contribution in [0.4, 0.5) is 0 Å². The van der Waals surface area contributed by atoms with Gasteiger partial charge in [0.2, 0.25) is 0 Å². The first-order chi connectivity index (χ1) is 11.3. The molecule has 0 fully saturated rings. The van der Waals surface area contributed by atoms with Gasteiger partial charge in [-0.25, -0.2) is 0 Å². The van der Waals surface area contributed by atoms with E-state index in [1.165, 1.54) is 0 Å². The fourth-order valence-corrected chi connectivity index (χ4v) is 4.49. The lowest BCUT2D eigenvalue weighted by Gasteiger charge is -1.98. The topological polar surface area (TPSA) is 73.9 Å². The van der Waals surface area contributed by atoms with Crippen LogP contribution in [-0.4, -0.2) is 33.2 Å². The van der Waals surface area contributed by atoms with E-state index in [0.717, 1.165) is 25.7 Å². The zero-order valence-electron chi connectivity index (χ0n) is 12.6. The first-order valence-electron chi connectivity index (χ1n) is 6.84. The van der Waals surface area contributed by atoms with Crippen molar-refractivity contribution >= 4 is 34.9 Å². The maximum absolute atomic E-state index is 5.30. The Balaban J connectivity index is 1.62. The summed E-state index contributed by atoms with van der Waals surface area (Å²) in [5, 5.41) is 12.3. The predicted octanol–water partition coefficient (Wildman–Crippen LogP) is 4.00. The number of rotatable bonds is 7. The van der Waals surface area contributed by atoms with Crippen LogP contribution in [0.25, 0.3) is 11.5 Å². The molecule has 0 aliphatic carbocycles. The van der Waals surface area contributed by atoms with Crippen LogP contribution in [0.3, 0.4) is 0 Å². The number of benzene rings is 1. The van der Waals surface area contributed by atoms with E-state index in [1.54, 1.807) is 42.0 Å². The predicted molar refractivity (Wildman–Crippen MR) is 92.2 cm³/mol. The smallest absolute Gasteiger partial charge is 0.257 e. The number of thioether (sulfide) groups is 2. The van der Waals surface area contributed by atoms with Crippen molar-refractivity contribution in [1.82, 2.24) is 20.3 Å². The summed E-state index contributed by atoms with van der Waals surface area (Å²) in [6.45, 7) is 2.10. The number of hydrogen-bond donors (Lipinski definition) is 0. The van der Waals surface area contributed by atoms with Gasteiger partial charge in [0.05, 0.1) is 12.9 Å². The van der Waals surface area contributed by atoms with E-state index >= 15 is 0 Å². The molecule has 0 saturated heterocycles. The molecule has 9 heteroatoms. The quantitative estimate of drug-likeness (QED) is 0.581. The van der Waals surface area contributed by atoms with E-state index in [4.69, 9.17) is 9.26 Å². The minimum Gasteiger partial charge on any atom is -0.497 e. The van der Waals surface area contributed by atoms with Gasteiger partial charge in [-0.3, -0.25) is 0 Å². The second kappa shape index (κ2) is 7.80. The summed E-state index contributed by atoms with van der Waals surface area (Å²) in [5.74, 6) is 3.53. The van der Waals surface area contributed by atoms with E-state index in [-0.39, 0.29) is 0 Å². The summed E-state index contributed by atoms with van der Waals surface area (Å²) >= 11 is 4.84. The number of methoxy groups -OCH3 is 1. The van der Waals surface area contributed by atoms with Crippen molar-refractivity contribution in [3.63, 3.8) is 0 Å². The lowest BCUT2D eigenvalue weighted by molar-refractivity contribution is 0.414. The molecule has 2 aromatic heterocycles. The lowest BCUT2D eigenvalue weighted by atomic mass is 10.2. The van der Waals surface area contributed by atoms with Crippen molar-refractivity contribution in [2.24, 2.45) is 0 Å². The molecule has 0 radical (unpaired) electrons. The third-order valence-corrected chi connectivity index (χ3v) is 5.85. The van der Waals surface area contributed by atoms with Gasteiger partial charge < -0.3 is 9.26 Å². The molecule has 0 amide bonds. The molecule has 120 valence electrons. The van der Waals surface area contributed by atoms with Gasteiger partial charge in [-0.05, 0) is 30.0 Å². The van der Waals surface area contributed by atoms with Gasteiger partial charge in [0, 0.05) is 5.56 Å². The van der Waals surface area contributed by atoms with Gasteiger partial charge in [0.15, 0.2) is 14.5 Å². The highest BCUT2D eigenvalue weighted by Crippen LogP contribution is 2.30. The average molecular weight is 366 g/mol. The van der Waals surface area contributed by atoms with Crippen molar-refractivity contribution in [2.45, 2.75) is 21.4 Å². The Morgan fingerprint density at radius 3 is 2.57 bits per heavy atom. The summed E-state index contributed by atoms with van der Waals surface area (Å²) in [4.78, 5) is 4.41. The summed E-state index contributed by atoms with van der Waals surface area (Å²) < 4.78 is 12.3. The molecule has 3 rings (SSSR count). The Labute approximate surface area is 146 Å². The normalized spacial score (nSPS) is 10.9. The fourth-order valence-electron chi connectivity index (χ4n) is 1.73. The largest absolute Gasteiger partial charge is 0.497 e. The Kier molecular flexibility index (Phi) is 5.52. The zero-order valence-corrected chi connectivity index (χ0v) is 15.0. The van der Waals surface area contributed by atoms with Gasteiger partial charge in [0.1, 0.15) is 5.75 Å². The van der Waals surface area contributed by atoms with E-state index < -0.39 is 0 Å². The molecule has 0 aliphatic rings. The Morgan fingerprint density at radius 2 is 1.87 bits per heavy atom. The van der Waals surface area contributed by atoms with Gasteiger partial charge in [0.25, 0.3) is 5.89 Å². The lowest BCUT2D eigenvalue weighted by Crippen LogP contribution is -1.85. The molecule has 0 unspecified atom stereocenters. The highest BCUT2D eigenvalue weighted by atomic mass is 32.2. The Morgan fingerprint density at radius 1 is 1.13 bits per heavy atom. The molecule has 0 aliphatic heterocycles. The first-order valence-corrected chi connectivity index (χ1v) is 9.63. The molecular weight excluding hydrogens is 352 g/mol. The van der Waals surface area contributed by atoms with Crippen LogP contribution in [0.15, 0.2) is 37.5 Å². The van der Waals surface area contributed by atoms with Crippen molar-refractivity contribution in [2.75, 3.05) is 12.9 Å². The van der Waals surface area contributed by atoms with E-state index in [2.05, 4.69) is 27.3 Å². The number of ether oxygens (including phenoxy) is 1. The molecule has 0 bridgehead atoms. The van der Waals surface area contributed by atoms with Gasteiger partial charge in [-0.15, -0.1) is 10.2 Å². The first kappa shape index (κ1) is 16.3. The molecule has 23 heavy (non-hydrogen) atoms. The monoisotopic (exact) mass is 366 g/mol. The standard InChI is InChI=1S/C14H14N4O2S3/c1-3-21-13-16-17-14(23-13)22-8-11-15-12(20-18-11)9-4-6-10(19-2)7-5-9/h4-7H,3,8H2,1-2H3. The molecule has 0 saturated carbocycles. The molecular formula is C14H14N4O2S3. The van der Waals surface area contributed by atoms with Crippen LogP contribution in [0.5, 0.6) is 5.75 Å². The van der Waals surface area contributed by atoms with Crippen molar-refractivity contribution in [1.29, 1.82) is 0 Å². The number of hydrogen-bond acceptors (Lipinski definition) is 9. The molecule has 6 nitrogen and oxygen atoms in total. The highest BCUT2D eigenvalue weighted by molar-refractivity contribution is 8.02. The Bertz CT molecular complexity index is 757. The van der Waals surface area contributed by atoms with Crippen LogP contribution < -0.4 is 4.74 Å². The van der Waals surface area contributed by atoms with Crippen molar-refractivity contribution < 1.29 is 9.26 Å². The summed E-state index contributed by atoms with van der Waals surface area (Å²) in [7, 11) is 1.63. The summed E-state index contributed by atoms with van der Waals surface area (Å²) in [6, 6.07) is 7.51. The molecule has 0 N–H and O–H groups in total. The van der Waals surface area contributed by atoms with E-state index in [0.29, 0.717) is 17.5 Å². The van der Waals surface area contributed by atoms with Crippen molar-refractivity contribution in [3.05, 3.63) is 30.1 Å². The summed E-state index contributed by atoms with van der Waals surface area (Å²) in [5.41, 5.74) is 0.868. The third kappa shape index (κ3) is 4.24. The van der Waals surface area contributed by atoms with E-state index in [9.17, 15) is 0 Å². The SMILES string of the molecule is CCSc1nnc(SCc2noc(-c3ccc(OC)cc3)n2)s1. The van der Waals surface area contributed by atoms with Gasteiger partial charge in [-0.2, -0.15) is 4.98 Å². The molecule has 1 aromatic carbocycles. The minimum absolute atomic E-state index is 0.503. The van der Waals surface area contributed by atoms with Crippen LogP contribution in [0.2, 0.25) is 0 Å². The fraction of sp³-hybridized carbons (Fsp3) is 0.286. The highest BCUT2D eigenvalue weighted by Gasteiger charge is 2.11. The number of nitrogens with zero attached hydrogens (tertiary/aromatic N) is 4. The third-order valence-electron chi connectivity index (χ3n) is 2.79. The summed E-state index contributed by atoms with van der Waals surface area (Å²) in [6.07, 6.45) is 0. The van der Waals surface area contributed by atoms with Crippen LogP contribution in [0.1, 0.15) is 12.7 Å². The maximum atomic E-state index is 5.30.